The van der Waals surface area contributed by atoms with Gasteiger partial charge in [-0.3, -0.25) is 4.90 Å². The fourth-order valence-corrected chi connectivity index (χ4v) is 2.77. The fraction of sp³-hybridized carbons (Fsp3) is 0.727. The maximum Gasteiger partial charge on any atom is 0.107 e. The maximum absolute atomic E-state index is 5.57. The molecule has 1 aliphatic rings. The monoisotopic (exact) mass is 225 g/mol. The standard InChI is InChI=1S/C11H19N3S/c1-9-2-4-14(5-3-9)8-11-13-7-10(6-12)15-11/h7,9H,2-6,8,12H2,1H3. The summed E-state index contributed by atoms with van der Waals surface area (Å²) < 4.78 is 0. The Labute approximate surface area is 95.3 Å². The largest absolute Gasteiger partial charge is 0.326 e. The molecule has 2 N–H and O–H groups in total. The van der Waals surface area contributed by atoms with E-state index in [1.54, 1.807) is 11.3 Å². The van der Waals surface area contributed by atoms with Crippen LogP contribution in [0, 0.1) is 5.92 Å². The van der Waals surface area contributed by atoms with Crippen molar-refractivity contribution in [1.82, 2.24) is 9.88 Å². The summed E-state index contributed by atoms with van der Waals surface area (Å²) in [5, 5.41) is 1.21. The first kappa shape index (κ1) is 11.0. The number of aromatic nitrogens is 1. The zero-order valence-electron chi connectivity index (χ0n) is 9.28. The minimum Gasteiger partial charge on any atom is -0.326 e. The normalized spacial score (nSPS) is 19.6. The summed E-state index contributed by atoms with van der Waals surface area (Å²) in [6, 6.07) is 0. The highest BCUT2D eigenvalue weighted by molar-refractivity contribution is 7.11. The van der Waals surface area contributed by atoms with Gasteiger partial charge in [0.25, 0.3) is 0 Å². The first-order valence-electron chi connectivity index (χ1n) is 5.64. The summed E-state index contributed by atoms with van der Waals surface area (Å²) >= 11 is 1.75. The van der Waals surface area contributed by atoms with Crippen molar-refractivity contribution in [2.24, 2.45) is 11.7 Å². The van der Waals surface area contributed by atoms with Gasteiger partial charge in [0.2, 0.25) is 0 Å². The van der Waals surface area contributed by atoms with E-state index in [2.05, 4.69) is 16.8 Å². The molecule has 4 heteroatoms. The highest BCUT2D eigenvalue weighted by Crippen LogP contribution is 2.20. The molecule has 0 amide bonds. The van der Waals surface area contributed by atoms with Crippen molar-refractivity contribution >= 4 is 11.3 Å². The molecule has 1 aromatic rings. The second-order valence-electron chi connectivity index (χ2n) is 4.38. The van der Waals surface area contributed by atoms with Gasteiger partial charge < -0.3 is 5.73 Å². The molecule has 1 aromatic heterocycles. The first-order chi connectivity index (χ1) is 7.28. The lowest BCUT2D eigenvalue weighted by molar-refractivity contribution is 0.185. The van der Waals surface area contributed by atoms with E-state index in [4.69, 9.17) is 5.73 Å². The molecule has 3 nitrogen and oxygen atoms in total. The Kier molecular flexibility index (Phi) is 3.72. The highest BCUT2D eigenvalue weighted by Gasteiger charge is 2.16. The molecule has 84 valence electrons. The third-order valence-corrected chi connectivity index (χ3v) is 4.04. The maximum atomic E-state index is 5.57. The summed E-state index contributed by atoms with van der Waals surface area (Å²) in [6.45, 7) is 6.41. The van der Waals surface area contributed by atoms with Crippen molar-refractivity contribution in [3.8, 4) is 0 Å². The Morgan fingerprint density at radius 3 is 2.87 bits per heavy atom. The van der Waals surface area contributed by atoms with Gasteiger partial charge in [0, 0.05) is 17.6 Å². The number of hydrogen-bond donors (Lipinski definition) is 1. The minimum absolute atomic E-state index is 0.620. The van der Waals surface area contributed by atoms with Crippen LogP contribution in [0.3, 0.4) is 0 Å². The van der Waals surface area contributed by atoms with Crippen molar-refractivity contribution < 1.29 is 0 Å². The average molecular weight is 225 g/mol. The Hall–Kier alpha value is -0.450. The molecule has 0 unspecified atom stereocenters. The number of piperidine rings is 1. The van der Waals surface area contributed by atoms with Crippen molar-refractivity contribution in [3.05, 3.63) is 16.1 Å². The van der Waals surface area contributed by atoms with Crippen molar-refractivity contribution in [2.75, 3.05) is 13.1 Å². The number of nitrogens with zero attached hydrogens (tertiary/aromatic N) is 2. The van der Waals surface area contributed by atoms with E-state index in [0.29, 0.717) is 6.54 Å². The van der Waals surface area contributed by atoms with Gasteiger partial charge in [-0.15, -0.1) is 11.3 Å². The zero-order valence-corrected chi connectivity index (χ0v) is 10.1. The van der Waals surface area contributed by atoms with Gasteiger partial charge in [0.05, 0.1) is 6.54 Å². The lowest BCUT2D eigenvalue weighted by atomic mass is 9.99. The lowest BCUT2D eigenvalue weighted by Crippen LogP contribution is -2.32. The van der Waals surface area contributed by atoms with Crippen LogP contribution in [0.1, 0.15) is 29.7 Å². The van der Waals surface area contributed by atoms with Crippen molar-refractivity contribution in [1.29, 1.82) is 0 Å². The minimum atomic E-state index is 0.620. The predicted molar refractivity (Wildman–Crippen MR) is 63.7 cm³/mol. The number of thiazole rings is 1. The lowest BCUT2D eigenvalue weighted by Gasteiger charge is -2.29. The molecular formula is C11H19N3S. The SMILES string of the molecule is CC1CCN(Cc2ncc(CN)s2)CC1. The van der Waals surface area contributed by atoms with E-state index in [0.717, 1.165) is 12.5 Å². The number of likely N-dealkylation sites (tertiary alicyclic amines) is 1. The van der Waals surface area contributed by atoms with Crippen LogP contribution in [0.4, 0.5) is 0 Å². The Balaban J connectivity index is 1.86. The highest BCUT2D eigenvalue weighted by atomic mass is 32.1. The van der Waals surface area contributed by atoms with Gasteiger partial charge in [0.1, 0.15) is 5.01 Å². The summed E-state index contributed by atoms with van der Waals surface area (Å²) in [4.78, 5) is 8.09. The third-order valence-electron chi connectivity index (χ3n) is 3.04. The van der Waals surface area contributed by atoms with Gasteiger partial charge >= 0.3 is 0 Å². The van der Waals surface area contributed by atoms with Crippen LogP contribution >= 0.6 is 11.3 Å². The van der Waals surface area contributed by atoms with Gasteiger partial charge in [0.15, 0.2) is 0 Å². The summed E-state index contributed by atoms with van der Waals surface area (Å²) in [7, 11) is 0. The van der Waals surface area contributed by atoms with E-state index in [-0.39, 0.29) is 0 Å². The molecule has 0 spiro atoms. The molecule has 1 aliphatic heterocycles. The van der Waals surface area contributed by atoms with Crippen molar-refractivity contribution in [2.45, 2.75) is 32.9 Å². The fourth-order valence-electron chi connectivity index (χ4n) is 1.93. The first-order valence-corrected chi connectivity index (χ1v) is 6.45. The van der Waals surface area contributed by atoms with Gasteiger partial charge in [-0.25, -0.2) is 4.98 Å². The van der Waals surface area contributed by atoms with Gasteiger partial charge in [-0.05, 0) is 31.8 Å². The van der Waals surface area contributed by atoms with E-state index in [9.17, 15) is 0 Å². The number of nitrogens with two attached hydrogens (primary N) is 1. The van der Waals surface area contributed by atoms with E-state index in [1.807, 2.05) is 6.20 Å². The van der Waals surface area contributed by atoms with Crippen molar-refractivity contribution in [3.63, 3.8) is 0 Å². The van der Waals surface area contributed by atoms with Crippen LogP contribution in [-0.2, 0) is 13.1 Å². The topological polar surface area (TPSA) is 42.2 Å². The van der Waals surface area contributed by atoms with Crippen LogP contribution < -0.4 is 5.73 Å². The quantitative estimate of drug-likeness (QED) is 0.853. The molecule has 15 heavy (non-hydrogen) atoms. The molecule has 0 aliphatic carbocycles. The third kappa shape index (κ3) is 3.00. The van der Waals surface area contributed by atoms with Crippen LogP contribution in [0.25, 0.3) is 0 Å². The van der Waals surface area contributed by atoms with Gasteiger partial charge in [-0.1, -0.05) is 6.92 Å². The van der Waals surface area contributed by atoms with Crippen LogP contribution in [0.15, 0.2) is 6.20 Å². The second kappa shape index (κ2) is 5.05. The molecule has 1 saturated heterocycles. The number of rotatable bonds is 3. The molecule has 0 radical (unpaired) electrons. The smallest absolute Gasteiger partial charge is 0.107 e. The molecule has 0 saturated carbocycles. The molecule has 2 rings (SSSR count). The molecular weight excluding hydrogens is 206 g/mol. The summed E-state index contributed by atoms with van der Waals surface area (Å²) in [5.41, 5.74) is 5.57. The molecule has 1 fully saturated rings. The summed E-state index contributed by atoms with van der Waals surface area (Å²) in [6.07, 6.45) is 4.57. The Morgan fingerprint density at radius 2 is 2.27 bits per heavy atom. The summed E-state index contributed by atoms with van der Waals surface area (Å²) in [5.74, 6) is 0.900. The second-order valence-corrected chi connectivity index (χ2v) is 5.58. The Bertz CT molecular complexity index is 303. The van der Waals surface area contributed by atoms with E-state index in [1.165, 1.54) is 35.8 Å². The van der Waals surface area contributed by atoms with Crippen LogP contribution in [-0.4, -0.2) is 23.0 Å². The zero-order chi connectivity index (χ0) is 10.7. The molecule has 0 atom stereocenters. The van der Waals surface area contributed by atoms with Gasteiger partial charge in [-0.2, -0.15) is 0 Å². The molecule has 2 heterocycles. The van der Waals surface area contributed by atoms with E-state index >= 15 is 0 Å². The predicted octanol–water partition coefficient (Wildman–Crippen LogP) is 1.83. The van der Waals surface area contributed by atoms with Crippen LogP contribution in [0.5, 0.6) is 0 Å². The van der Waals surface area contributed by atoms with E-state index < -0.39 is 0 Å². The number of hydrogen-bond acceptors (Lipinski definition) is 4. The van der Waals surface area contributed by atoms with Crippen LogP contribution in [0.2, 0.25) is 0 Å². The molecule has 0 aromatic carbocycles. The Morgan fingerprint density at radius 1 is 1.53 bits per heavy atom. The molecule has 0 bridgehead atoms. The average Bonchev–Trinajstić information content (AvgIpc) is 2.69.